The van der Waals surface area contributed by atoms with Crippen molar-refractivity contribution >= 4 is 23.9 Å². The quantitative estimate of drug-likeness (QED) is 0.567. The molecule has 2 atom stereocenters. The first-order valence-corrected chi connectivity index (χ1v) is 12.8. The van der Waals surface area contributed by atoms with Crippen molar-refractivity contribution in [3.8, 4) is 12.3 Å². The van der Waals surface area contributed by atoms with E-state index in [9.17, 15) is 19.2 Å². The molecule has 0 radical (unpaired) electrons. The Bertz CT molecular complexity index is 1030. The third-order valence-corrected chi connectivity index (χ3v) is 6.75. The number of nitrogens with one attached hydrogen (secondary N) is 1. The Labute approximate surface area is 218 Å². The average molecular weight is 512 g/mol. The Morgan fingerprint density at radius 3 is 2.30 bits per heavy atom. The topological polar surface area (TPSA) is 116 Å². The van der Waals surface area contributed by atoms with E-state index in [0.717, 1.165) is 18.4 Å². The highest BCUT2D eigenvalue weighted by Crippen LogP contribution is 2.29. The van der Waals surface area contributed by atoms with Crippen LogP contribution in [-0.2, 0) is 14.3 Å². The standard InChI is InChI=1S/C28H37N3O6/c1-5-23(17-24(32)33)29-25(34)22-7-6-14-31(18-22)26(35)21-10-8-19(9-11-21)20-12-15-30(16-13-20)27(36)37-28(2,3)4/h1,8-11,20,22-23H,6-7,12-18H2,2-4H3,(H,29,34)(H,32,33)/t22-,23-/m1/s1. The second-order valence-corrected chi connectivity index (χ2v) is 10.8. The summed E-state index contributed by atoms with van der Waals surface area (Å²) in [6.07, 6.45) is 7.67. The number of carbonyl (C=O) groups excluding carboxylic acids is 3. The van der Waals surface area contributed by atoms with E-state index in [1.54, 1.807) is 9.80 Å². The molecule has 0 aromatic heterocycles. The molecule has 2 fully saturated rings. The van der Waals surface area contributed by atoms with E-state index in [1.165, 1.54) is 0 Å². The number of terminal acetylenes is 1. The van der Waals surface area contributed by atoms with Crippen LogP contribution in [0.25, 0.3) is 0 Å². The van der Waals surface area contributed by atoms with Crippen molar-refractivity contribution in [1.29, 1.82) is 0 Å². The van der Waals surface area contributed by atoms with Crippen LogP contribution in [0.3, 0.4) is 0 Å². The van der Waals surface area contributed by atoms with Crippen LogP contribution in [0.15, 0.2) is 24.3 Å². The van der Waals surface area contributed by atoms with Gasteiger partial charge < -0.3 is 25.0 Å². The first kappa shape index (κ1) is 28.0. The lowest BCUT2D eigenvalue weighted by Gasteiger charge is -2.34. The lowest BCUT2D eigenvalue weighted by Crippen LogP contribution is -2.47. The summed E-state index contributed by atoms with van der Waals surface area (Å²) in [5.74, 6) is 0.623. The van der Waals surface area contributed by atoms with Crippen LogP contribution in [0.2, 0.25) is 0 Å². The molecule has 0 aliphatic carbocycles. The summed E-state index contributed by atoms with van der Waals surface area (Å²) < 4.78 is 5.47. The highest BCUT2D eigenvalue weighted by Gasteiger charge is 2.31. The number of hydrogen-bond acceptors (Lipinski definition) is 5. The van der Waals surface area contributed by atoms with Gasteiger partial charge in [0.05, 0.1) is 12.3 Å². The molecule has 37 heavy (non-hydrogen) atoms. The number of carboxylic acids is 1. The molecule has 200 valence electrons. The molecule has 2 N–H and O–H groups in total. The number of rotatable bonds is 6. The van der Waals surface area contributed by atoms with Gasteiger partial charge in [0.15, 0.2) is 0 Å². The molecular formula is C28H37N3O6. The van der Waals surface area contributed by atoms with Gasteiger partial charge in [-0.05, 0) is 70.1 Å². The minimum atomic E-state index is -1.08. The molecule has 3 rings (SSSR count). The summed E-state index contributed by atoms with van der Waals surface area (Å²) >= 11 is 0. The van der Waals surface area contributed by atoms with Gasteiger partial charge in [0.2, 0.25) is 5.91 Å². The maximum atomic E-state index is 13.1. The van der Waals surface area contributed by atoms with Gasteiger partial charge in [-0.15, -0.1) is 6.42 Å². The van der Waals surface area contributed by atoms with Crippen molar-refractivity contribution in [3.63, 3.8) is 0 Å². The summed E-state index contributed by atoms with van der Waals surface area (Å²) in [6.45, 7) is 7.65. The molecule has 1 aromatic rings. The maximum absolute atomic E-state index is 13.1. The Morgan fingerprint density at radius 2 is 1.73 bits per heavy atom. The predicted octanol–water partition coefficient (Wildman–Crippen LogP) is 3.25. The third-order valence-electron chi connectivity index (χ3n) is 6.75. The molecule has 0 spiro atoms. The molecule has 0 bridgehead atoms. The number of benzene rings is 1. The van der Waals surface area contributed by atoms with E-state index >= 15 is 0 Å². The number of likely N-dealkylation sites (tertiary alicyclic amines) is 2. The van der Waals surface area contributed by atoms with Crippen molar-refractivity contribution in [1.82, 2.24) is 15.1 Å². The average Bonchev–Trinajstić information content (AvgIpc) is 2.86. The number of carboxylic acid groups (broad SMARTS) is 1. The number of piperidine rings is 2. The fourth-order valence-corrected chi connectivity index (χ4v) is 4.79. The highest BCUT2D eigenvalue weighted by molar-refractivity contribution is 5.94. The lowest BCUT2D eigenvalue weighted by molar-refractivity contribution is -0.137. The Hall–Kier alpha value is -3.54. The summed E-state index contributed by atoms with van der Waals surface area (Å²) in [5, 5.41) is 11.5. The van der Waals surface area contributed by atoms with Gasteiger partial charge in [-0.25, -0.2) is 4.79 Å². The van der Waals surface area contributed by atoms with E-state index in [0.29, 0.717) is 44.0 Å². The SMILES string of the molecule is C#C[C@H](CC(=O)O)NC(=O)[C@@H]1CCCN(C(=O)c2ccc(C3CCN(C(=O)OC(C)(C)C)CC3)cc2)C1. The maximum Gasteiger partial charge on any atom is 0.410 e. The lowest BCUT2D eigenvalue weighted by atomic mass is 9.89. The Morgan fingerprint density at radius 1 is 1.08 bits per heavy atom. The highest BCUT2D eigenvalue weighted by atomic mass is 16.6. The minimum Gasteiger partial charge on any atom is -0.481 e. The van der Waals surface area contributed by atoms with Crippen molar-refractivity contribution < 1.29 is 29.0 Å². The Kier molecular flexibility index (Phi) is 9.19. The minimum absolute atomic E-state index is 0.136. The molecule has 3 amide bonds. The van der Waals surface area contributed by atoms with Crippen molar-refractivity contribution in [2.45, 2.75) is 70.4 Å². The third kappa shape index (κ3) is 7.97. The molecule has 0 saturated carbocycles. The molecule has 2 aliphatic rings. The van der Waals surface area contributed by atoms with Crippen LogP contribution in [0.4, 0.5) is 4.79 Å². The van der Waals surface area contributed by atoms with Crippen LogP contribution in [0.5, 0.6) is 0 Å². The number of aliphatic carboxylic acids is 1. The number of hydrogen-bond donors (Lipinski definition) is 2. The van der Waals surface area contributed by atoms with E-state index in [2.05, 4.69) is 11.2 Å². The first-order valence-electron chi connectivity index (χ1n) is 12.8. The fraction of sp³-hybridized carbons (Fsp3) is 0.571. The van der Waals surface area contributed by atoms with Crippen LogP contribution >= 0.6 is 0 Å². The van der Waals surface area contributed by atoms with Gasteiger partial charge in [-0.3, -0.25) is 14.4 Å². The van der Waals surface area contributed by atoms with E-state index in [1.807, 2.05) is 45.0 Å². The van der Waals surface area contributed by atoms with Gasteiger partial charge in [0.1, 0.15) is 11.6 Å². The van der Waals surface area contributed by atoms with Gasteiger partial charge in [0.25, 0.3) is 5.91 Å². The summed E-state index contributed by atoms with van der Waals surface area (Å²) in [4.78, 5) is 52.4. The molecule has 2 heterocycles. The summed E-state index contributed by atoms with van der Waals surface area (Å²) in [5.41, 5.74) is 1.18. The first-order chi connectivity index (χ1) is 17.5. The smallest absolute Gasteiger partial charge is 0.410 e. The van der Waals surface area contributed by atoms with Crippen molar-refractivity contribution in [2.24, 2.45) is 5.92 Å². The molecule has 9 nitrogen and oxygen atoms in total. The zero-order chi connectivity index (χ0) is 27.2. The van der Waals surface area contributed by atoms with Crippen LogP contribution in [0, 0.1) is 18.3 Å². The zero-order valence-electron chi connectivity index (χ0n) is 21.9. The monoisotopic (exact) mass is 511 g/mol. The Balaban J connectivity index is 1.54. The molecule has 2 aliphatic heterocycles. The van der Waals surface area contributed by atoms with Crippen LogP contribution < -0.4 is 5.32 Å². The van der Waals surface area contributed by atoms with E-state index in [4.69, 9.17) is 16.3 Å². The molecule has 2 saturated heterocycles. The molecule has 9 heteroatoms. The second kappa shape index (κ2) is 12.1. The predicted molar refractivity (Wildman–Crippen MR) is 138 cm³/mol. The number of ether oxygens (including phenoxy) is 1. The zero-order valence-corrected chi connectivity index (χ0v) is 21.9. The molecule has 1 aromatic carbocycles. The van der Waals surface area contributed by atoms with Crippen LogP contribution in [-0.4, -0.2) is 76.6 Å². The molecular weight excluding hydrogens is 474 g/mol. The summed E-state index contributed by atoms with van der Waals surface area (Å²) in [7, 11) is 0. The van der Waals surface area contributed by atoms with E-state index in [-0.39, 0.29) is 30.9 Å². The molecule has 0 unspecified atom stereocenters. The fourth-order valence-electron chi connectivity index (χ4n) is 4.79. The number of amides is 3. The summed E-state index contributed by atoms with van der Waals surface area (Å²) in [6, 6.07) is 6.71. The van der Waals surface area contributed by atoms with Gasteiger partial charge in [-0.2, -0.15) is 0 Å². The van der Waals surface area contributed by atoms with Crippen molar-refractivity contribution in [3.05, 3.63) is 35.4 Å². The largest absolute Gasteiger partial charge is 0.481 e. The van der Waals surface area contributed by atoms with Gasteiger partial charge >= 0.3 is 12.1 Å². The number of carbonyl (C=O) groups is 4. The second-order valence-electron chi connectivity index (χ2n) is 10.8. The normalized spacial score (nSPS) is 19.5. The van der Waals surface area contributed by atoms with Crippen LogP contribution in [0.1, 0.15) is 74.7 Å². The van der Waals surface area contributed by atoms with E-state index < -0.39 is 23.5 Å². The van der Waals surface area contributed by atoms with Gasteiger partial charge in [-0.1, -0.05) is 18.1 Å². The van der Waals surface area contributed by atoms with Crippen molar-refractivity contribution in [2.75, 3.05) is 26.2 Å². The number of nitrogens with zero attached hydrogens (tertiary/aromatic N) is 2. The van der Waals surface area contributed by atoms with Gasteiger partial charge in [0, 0.05) is 31.7 Å².